The third-order valence-corrected chi connectivity index (χ3v) is 19.4. The van der Waals surface area contributed by atoms with Gasteiger partial charge in [0.15, 0.2) is 0 Å². The number of nitrogens with zero attached hydrogens (tertiary/aromatic N) is 2. The average Bonchev–Trinajstić information content (AvgIpc) is 4.22. The molecule has 13 nitrogen and oxygen atoms in total. The quantitative estimate of drug-likeness (QED) is 0.175. The number of methoxy groups -OCH3 is 2. The fourth-order valence-electron chi connectivity index (χ4n) is 16.0. The van der Waals surface area contributed by atoms with Crippen LogP contribution in [0.5, 0.6) is 0 Å². The Labute approximate surface area is 394 Å². The number of nitrogens with one attached hydrogen (secondary N) is 3. The van der Waals surface area contributed by atoms with Gasteiger partial charge < -0.3 is 35.2 Å². The molecule has 9 aliphatic carbocycles. The van der Waals surface area contributed by atoms with Crippen LogP contribution in [0.1, 0.15) is 116 Å². The number of fused-ring (bicyclic) bond motifs is 3. The van der Waals surface area contributed by atoms with Crippen molar-refractivity contribution in [2.24, 2.45) is 65.1 Å². The second kappa shape index (κ2) is 16.4. The van der Waals surface area contributed by atoms with E-state index >= 15 is 0 Å². The highest BCUT2D eigenvalue weighted by Crippen LogP contribution is 2.75. The highest BCUT2D eigenvalue weighted by Gasteiger charge is 2.68. The SMILES string of the molecule is COC(=O)C[C@H](C(=O)N1[C@@H]2C[C@@H]2C[C@H]1C(=O)Nc1ccc(C23CC4C5CCC6(c7ccc(NC(=O)[C@@H]8C[C@H]9C[C@H]9N8C(=O)[C@@H](NC(=O)OC)C(C)C)cc7)CC4C(C2)C(C6)C5C3)cc1)C(C)C. The number of hydrogen-bond donors (Lipinski definition) is 3. The van der Waals surface area contributed by atoms with Crippen molar-refractivity contribution in [1.29, 1.82) is 0 Å². The summed E-state index contributed by atoms with van der Waals surface area (Å²) in [5.74, 6) is 3.28. The van der Waals surface area contributed by atoms with E-state index in [0.29, 0.717) is 24.7 Å². The van der Waals surface area contributed by atoms with E-state index in [0.717, 1.165) is 59.7 Å². The summed E-state index contributed by atoms with van der Waals surface area (Å²) >= 11 is 0. The number of likely N-dealkylation sites (tertiary alicyclic amines) is 2. The van der Waals surface area contributed by atoms with Crippen LogP contribution in [-0.2, 0) is 44.3 Å². The van der Waals surface area contributed by atoms with Crippen molar-refractivity contribution in [3.05, 3.63) is 59.7 Å². The van der Waals surface area contributed by atoms with Crippen LogP contribution in [0.15, 0.2) is 48.5 Å². The lowest BCUT2D eigenvalue weighted by atomic mass is 9.36. The van der Waals surface area contributed by atoms with Crippen LogP contribution in [0.2, 0.25) is 0 Å². The number of esters is 1. The Morgan fingerprint density at radius 3 is 1.52 bits per heavy atom. The van der Waals surface area contributed by atoms with Crippen molar-refractivity contribution in [2.75, 3.05) is 24.9 Å². The lowest BCUT2D eigenvalue weighted by Crippen LogP contribution is -2.63. The fourth-order valence-corrected chi connectivity index (χ4v) is 16.0. The summed E-state index contributed by atoms with van der Waals surface area (Å²) in [5, 5.41) is 9.04. The first-order valence-corrected chi connectivity index (χ1v) is 25.5. The predicted molar refractivity (Wildman–Crippen MR) is 250 cm³/mol. The molecule has 2 heterocycles. The van der Waals surface area contributed by atoms with E-state index in [-0.39, 0.29) is 64.8 Å². The Hall–Kier alpha value is -4.94. The molecule has 12 atom stereocenters. The van der Waals surface area contributed by atoms with Gasteiger partial charge >= 0.3 is 12.1 Å². The second-order valence-corrected chi connectivity index (χ2v) is 23.3. The van der Waals surface area contributed by atoms with Crippen molar-refractivity contribution < 1.29 is 38.2 Å². The van der Waals surface area contributed by atoms with Gasteiger partial charge in [-0.15, -0.1) is 0 Å². The number of alkyl carbamates (subject to hydrolysis) is 1. The van der Waals surface area contributed by atoms with Gasteiger partial charge in [0.05, 0.1) is 26.6 Å². The summed E-state index contributed by atoms with van der Waals surface area (Å²) in [4.78, 5) is 83.3. The van der Waals surface area contributed by atoms with Gasteiger partial charge in [0, 0.05) is 23.5 Å². The first-order chi connectivity index (χ1) is 32.1. The first kappa shape index (κ1) is 44.6. The molecule has 2 aromatic carbocycles. The summed E-state index contributed by atoms with van der Waals surface area (Å²) < 4.78 is 9.71. The Balaban J connectivity index is 0.739. The molecule has 0 spiro atoms. The first-order valence-electron chi connectivity index (χ1n) is 25.5. The third-order valence-electron chi connectivity index (χ3n) is 19.4. The Kier molecular flexibility index (Phi) is 10.9. The van der Waals surface area contributed by atoms with E-state index in [2.05, 4.69) is 64.5 Å². The Morgan fingerprint density at radius 1 is 0.597 bits per heavy atom. The third kappa shape index (κ3) is 7.36. The van der Waals surface area contributed by atoms with Crippen molar-refractivity contribution >= 4 is 47.1 Å². The van der Waals surface area contributed by atoms with Crippen molar-refractivity contribution in [3.8, 4) is 0 Å². The topological polar surface area (TPSA) is 163 Å². The Morgan fingerprint density at radius 2 is 1.06 bits per heavy atom. The van der Waals surface area contributed by atoms with Gasteiger partial charge in [-0.25, -0.2) is 4.79 Å². The van der Waals surface area contributed by atoms with Gasteiger partial charge in [0.2, 0.25) is 23.6 Å². The summed E-state index contributed by atoms with van der Waals surface area (Å²) in [6.45, 7) is 7.67. The molecule has 67 heavy (non-hydrogen) atoms. The fraction of sp³-hybridized carbons (Fsp3) is 0.667. The standard InChI is InChI=1S/C54H69N5O8/c1-27(2)36(21-46(60)66-5)50(63)58-42-17-29(42)19-44(58)48(61)55-34-13-9-32(10-14-34)54-24-37-35-15-16-53(22-39(37)41(26-54)40(23-53)38(35)25-54)31-7-11-33(12-8-31)56-49(62)45-20-30-18-43(30)59(45)51(64)47(28(3)4)57-52(65)67-6/h7-14,27-30,35-45,47H,15-26H2,1-6H3,(H,55,61)(H,56,62)(H,57,65)/t29-,30-,35?,36+,37?,38?,39?,40?,41?,42-,43-,44+,45+,47+,53?,54?/m1/s1. The van der Waals surface area contributed by atoms with Crippen LogP contribution >= 0.6 is 0 Å². The summed E-state index contributed by atoms with van der Waals surface area (Å²) in [6, 6.07) is 15.6. The van der Waals surface area contributed by atoms with Crippen LogP contribution in [0.3, 0.4) is 0 Å². The van der Waals surface area contributed by atoms with E-state index in [1.807, 2.05) is 27.7 Å². The number of piperidine rings is 2. The lowest BCUT2D eigenvalue weighted by Gasteiger charge is -2.69. The molecule has 13 heteroatoms. The molecular formula is C54H69N5O8. The van der Waals surface area contributed by atoms with E-state index < -0.39 is 36.1 Å². The van der Waals surface area contributed by atoms with Gasteiger partial charge in [-0.05, 0) is 176 Å². The zero-order chi connectivity index (χ0) is 46.8. The Bertz CT molecular complexity index is 2320. The normalized spacial score (nSPS) is 37.4. The second-order valence-electron chi connectivity index (χ2n) is 23.3. The molecule has 2 aromatic rings. The van der Waals surface area contributed by atoms with E-state index in [1.165, 1.54) is 70.3 Å². The maximum atomic E-state index is 13.9. The van der Waals surface area contributed by atoms with Gasteiger partial charge in [-0.1, -0.05) is 52.0 Å². The maximum Gasteiger partial charge on any atom is 0.407 e. The molecule has 9 saturated carbocycles. The lowest BCUT2D eigenvalue weighted by molar-refractivity contribution is -0.163. The minimum atomic E-state index is -0.763. The van der Waals surface area contributed by atoms with Gasteiger partial charge in [-0.2, -0.15) is 0 Å². The molecule has 0 aromatic heterocycles. The molecule has 8 bridgehead atoms. The number of anilines is 2. The molecule has 0 radical (unpaired) electrons. The summed E-state index contributed by atoms with van der Waals surface area (Å²) in [5.41, 5.74) is 4.65. The molecule has 4 unspecified atom stereocenters. The van der Waals surface area contributed by atoms with E-state index in [9.17, 15) is 28.8 Å². The minimum absolute atomic E-state index is 0.0227. The summed E-state index contributed by atoms with van der Waals surface area (Å²) in [7, 11) is 2.63. The number of rotatable bonds is 13. The molecule has 2 saturated heterocycles. The minimum Gasteiger partial charge on any atom is -0.469 e. The molecule has 13 rings (SSSR count). The largest absolute Gasteiger partial charge is 0.469 e. The average molecular weight is 916 g/mol. The van der Waals surface area contributed by atoms with Crippen molar-refractivity contribution in [3.63, 3.8) is 0 Å². The highest BCUT2D eigenvalue weighted by molar-refractivity contribution is 6.00. The summed E-state index contributed by atoms with van der Waals surface area (Å²) in [6.07, 6.45) is 11.1. The van der Waals surface area contributed by atoms with Gasteiger partial charge in [-0.3, -0.25) is 24.0 Å². The van der Waals surface area contributed by atoms with Crippen LogP contribution in [0, 0.1) is 65.1 Å². The van der Waals surface area contributed by atoms with Gasteiger partial charge in [0.25, 0.3) is 0 Å². The molecule has 2 aliphatic heterocycles. The molecule has 5 amide bonds. The molecule has 3 N–H and O–H groups in total. The number of hydrogen-bond acceptors (Lipinski definition) is 8. The van der Waals surface area contributed by atoms with Crippen molar-refractivity contribution in [2.45, 2.75) is 146 Å². The monoisotopic (exact) mass is 916 g/mol. The van der Waals surface area contributed by atoms with Crippen molar-refractivity contribution in [1.82, 2.24) is 15.1 Å². The number of carbonyl (C=O) groups excluding carboxylic acids is 6. The van der Waals surface area contributed by atoms with E-state index in [4.69, 9.17) is 9.47 Å². The number of ether oxygens (including phenoxy) is 2. The van der Waals surface area contributed by atoms with Crippen LogP contribution in [0.25, 0.3) is 0 Å². The van der Waals surface area contributed by atoms with Gasteiger partial charge in [0.1, 0.15) is 18.1 Å². The van der Waals surface area contributed by atoms with Crippen LogP contribution < -0.4 is 16.0 Å². The number of amides is 5. The smallest absolute Gasteiger partial charge is 0.407 e. The van der Waals surface area contributed by atoms with E-state index in [1.54, 1.807) is 9.80 Å². The van der Waals surface area contributed by atoms with Crippen LogP contribution in [-0.4, -0.2) is 89.9 Å². The van der Waals surface area contributed by atoms with Crippen LogP contribution in [0.4, 0.5) is 16.2 Å². The molecule has 11 aliphatic rings. The highest BCUT2D eigenvalue weighted by atomic mass is 16.5. The zero-order valence-electron chi connectivity index (χ0n) is 40.0. The maximum absolute atomic E-state index is 13.9. The molecule has 11 fully saturated rings. The number of carbonyl (C=O) groups is 6. The molecule has 358 valence electrons. The predicted octanol–water partition coefficient (Wildman–Crippen LogP) is 7.43. The number of benzene rings is 2. The zero-order valence-corrected chi connectivity index (χ0v) is 40.0. The molecular weight excluding hydrogens is 847 g/mol.